The monoisotopic (exact) mass is 513 g/mol. The van der Waals surface area contributed by atoms with Crippen LogP contribution in [0.4, 0.5) is 5.69 Å². The van der Waals surface area contributed by atoms with Crippen molar-refractivity contribution in [2.24, 2.45) is 0 Å². The van der Waals surface area contributed by atoms with Crippen LogP contribution in [0.1, 0.15) is 51.6 Å². The summed E-state index contributed by atoms with van der Waals surface area (Å²) in [6.07, 6.45) is 3.42. The van der Waals surface area contributed by atoms with Gasteiger partial charge in [0.2, 0.25) is 0 Å². The molecule has 9 heteroatoms. The molecule has 0 saturated carbocycles. The lowest BCUT2D eigenvalue weighted by Crippen LogP contribution is -2.37. The van der Waals surface area contributed by atoms with Crippen LogP contribution in [0.25, 0.3) is 16.6 Å². The summed E-state index contributed by atoms with van der Waals surface area (Å²) in [5.74, 6) is 1.11. The largest absolute Gasteiger partial charge is 0.381 e. The highest BCUT2D eigenvalue weighted by atomic mass is 16.5. The Morgan fingerprint density at radius 3 is 2.63 bits per heavy atom. The van der Waals surface area contributed by atoms with Gasteiger partial charge in [0, 0.05) is 56.6 Å². The summed E-state index contributed by atoms with van der Waals surface area (Å²) in [5.41, 5.74) is 6.95. The number of hydrogen-bond acceptors (Lipinski definition) is 6. The summed E-state index contributed by atoms with van der Waals surface area (Å²) in [6, 6.07) is 10.2. The Kier molecular flexibility index (Phi) is 5.70. The summed E-state index contributed by atoms with van der Waals surface area (Å²) in [5, 5.41) is 0. The van der Waals surface area contributed by atoms with Crippen LogP contribution in [0.5, 0.6) is 0 Å². The molecule has 0 spiro atoms. The number of aromatic nitrogens is 3. The number of hydrogen-bond donors (Lipinski definition) is 1. The highest BCUT2D eigenvalue weighted by Gasteiger charge is 2.30. The maximum atomic E-state index is 13.8. The molecule has 3 aliphatic heterocycles. The summed E-state index contributed by atoms with van der Waals surface area (Å²) in [4.78, 5) is 38.8. The molecule has 2 saturated heterocycles. The highest BCUT2D eigenvalue weighted by molar-refractivity contribution is 5.99. The van der Waals surface area contributed by atoms with Crippen LogP contribution in [0.2, 0.25) is 0 Å². The second-order valence-electron chi connectivity index (χ2n) is 10.5. The number of morpholine rings is 1. The van der Waals surface area contributed by atoms with Gasteiger partial charge in [-0.15, -0.1) is 0 Å². The van der Waals surface area contributed by atoms with E-state index in [1.807, 2.05) is 28.4 Å². The van der Waals surface area contributed by atoms with E-state index in [0.29, 0.717) is 42.9 Å². The van der Waals surface area contributed by atoms with Gasteiger partial charge in [0.25, 0.3) is 11.5 Å². The van der Waals surface area contributed by atoms with Crippen molar-refractivity contribution in [3.05, 3.63) is 75.0 Å². The minimum atomic E-state index is -0.200. The smallest absolute Gasteiger partial charge is 0.274 e. The Labute approximate surface area is 220 Å². The summed E-state index contributed by atoms with van der Waals surface area (Å²) in [6.45, 7) is 7.69. The molecule has 2 aromatic heterocycles. The fourth-order valence-corrected chi connectivity index (χ4v) is 6.24. The van der Waals surface area contributed by atoms with Crippen LogP contribution in [-0.2, 0) is 22.6 Å². The Bertz CT molecular complexity index is 1610. The quantitative estimate of drug-likeness (QED) is 0.452. The molecule has 1 amide bonds. The number of aryl methyl sites for hydroxylation is 1. The number of nitrogens with zero attached hydrogens (tertiary/aromatic N) is 4. The molecule has 38 heavy (non-hydrogen) atoms. The van der Waals surface area contributed by atoms with Crippen LogP contribution < -0.4 is 10.5 Å². The first-order valence-electron chi connectivity index (χ1n) is 13.4. The number of ether oxygens (including phenoxy) is 2. The lowest BCUT2D eigenvalue weighted by Gasteiger charge is -2.30. The van der Waals surface area contributed by atoms with E-state index >= 15 is 0 Å². The number of aromatic amines is 1. The van der Waals surface area contributed by atoms with Crippen molar-refractivity contribution in [1.29, 1.82) is 0 Å². The summed E-state index contributed by atoms with van der Waals surface area (Å²) < 4.78 is 13.1. The first-order valence-corrected chi connectivity index (χ1v) is 13.4. The normalized spacial score (nSPS) is 18.4. The molecule has 0 atom stereocenters. The lowest BCUT2D eigenvalue weighted by atomic mass is 9.99. The van der Waals surface area contributed by atoms with Crippen LogP contribution in [0, 0.1) is 6.92 Å². The van der Waals surface area contributed by atoms with Gasteiger partial charge in [0.05, 0.1) is 30.4 Å². The zero-order chi connectivity index (χ0) is 25.8. The van der Waals surface area contributed by atoms with Crippen molar-refractivity contribution in [1.82, 2.24) is 19.3 Å². The number of amides is 1. The predicted molar refractivity (Wildman–Crippen MR) is 144 cm³/mol. The van der Waals surface area contributed by atoms with Crippen LogP contribution in [0.3, 0.4) is 0 Å². The maximum Gasteiger partial charge on any atom is 0.274 e. The Balaban J connectivity index is 1.25. The average Bonchev–Trinajstić information content (AvgIpc) is 3.59. The van der Waals surface area contributed by atoms with Gasteiger partial charge in [-0.25, -0.2) is 4.98 Å². The van der Waals surface area contributed by atoms with Gasteiger partial charge in [0.1, 0.15) is 11.3 Å². The van der Waals surface area contributed by atoms with E-state index < -0.39 is 0 Å². The molecule has 4 aromatic rings. The lowest BCUT2D eigenvalue weighted by molar-refractivity contribution is 0.0750. The third-order valence-electron chi connectivity index (χ3n) is 8.27. The zero-order valence-corrected chi connectivity index (χ0v) is 21.5. The molecule has 2 aromatic carbocycles. The number of benzene rings is 2. The molecule has 3 aliphatic rings. The van der Waals surface area contributed by atoms with Gasteiger partial charge in [0.15, 0.2) is 0 Å². The van der Waals surface area contributed by atoms with Crippen molar-refractivity contribution in [2.45, 2.75) is 38.8 Å². The first-order chi connectivity index (χ1) is 18.6. The number of anilines is 1. The molecule has 5 heterocycles. The Morgan fingerprint density at radius 2 is 1.82 bits per heavy atom. The van der Waals surface area contributed by atoms with Crippen molar-refractivity contribution >= 4 is 28.1 Å². The van der Waals surface area contributed by atoms with Gasteiger partial charge in [-0.2, -0.15) is 0 Å². The van der Waals surface area contributed by atoms with E-state index in [1.165, 1.54) is 16.8 Å². The highest BCUT2D eigenvalue weighted by Crippen LogP contribution is 2.34. The number of imidazole rings is 1. The predicted octanol–water partition coefficient (Wildman–Crippen LogP) is 3.37. The van der Waals surface area contributed by atoms with Crippen molar-refractivity contribution in [3.8, 4) is 0 Å². The number of nitrogens with one attached hydrogen (secondary N) is 1. The Morgan fingerprint density at radius 1 is 1.03 bits per heavy atom. The van der Waals surface area contributed by atoms with Crippen molar-refractivity contribution in [2.75, 3.05) is 44.4 Å². The molecular formula is C29H31N5O4. The summed E-state index contributed by atoms with van der Waals surface area (Å²) in [7, 11) is 0. The van der Waals surface area contributed by atoms with E-state index in [4.69, 9.17) is 9.47 Å². The number of rotatable bonds is 3. The molecule has 9 nitrogen and oxygen atoms in total. The average molecular weight is 514 g/mol. The second-order valence-corrected chi connectivity index (χ2v) is 10.5. The maximum absolute atomic E-state index is 13.8. The van der Waals surface area contributed by atoms with Crippen LogP contribution in [-0.4, -0.2) is 64.7 Å². The fraction of sp³-hybridized carbons (Fsp3) is 0.414. The van der Waals surface area contributed by atoms with Crippen molar-refractivity contribution in [3.63, 3.8) is 0 Å². The Hall–Kier alpha value is -3.69. The summed E-state index contributed by atoms with van der Waals surface area (Å²) >= 11 is 0. The zero-order valence-electron chi connectivity index (χ0n) is 21.5. The molecule has 196 valence electrons. The van der Waals surface area contributed by atoms with E-state index in [0.717, 1.165) is 56.0 Å². The van der Waals surface area contributed by atoms with Crippen molar-refractivity contribution < 1.29 is 14.3 Å². The van der Waals surface area contributed by atoms with Gasteiger partial charge < -0.3 is 24.3 Å². The molecule has 7 rings (SSSR count). The van der Waals surface area contributed by atoms with Crippen LogP contribution >= 0.6 is 0 Å². The minimum Gasteiger partial charge on any atom is -0.381 e. The molecule has 0 aliphatic carbocycles. The molecule has 0 radical (unpaired) electrons. The van der Waals surface area contributed by atoms with E-state index in [-0.39, 0.29) is 17.4 Å². The molecule has 0 bridgehead atoms. The number of carbonyl (C=O) groups excluding carboxylic acids is 1. The molecule has 0 unspecified atom stereocenters. The standard InChI is InChI=1S/C29H31N5O4/c1-18-13-25-23(31-28(35)26-15-30-27(34(25)26)19-5-9-37-10-6-19)14-21(18)29(36)33-16-20-3-2-4-24(22(20)17-33)32-7-11-38-12-8-32/h2-4,13-15,19H,5-12,16-17H2,1H3,(H,31,35). The third-order valence-corrected chi connectivity index (χ3v) is 8.27. The fourth-order valence-electron chi connectivity index (χ4n) is 6.24. The molecular weight excluding hydrogens is 482 g/mol. The second kappa shape index (κ2) is 9.25. The number of fused-ring (bicyclic) bond motifs is 4. The van der Waals surface area contributed by atoms with Gasteiger partial charge in [-0.3, -0.25) is 14.0 Å². The van der Waals surface area contributed by atoms with Crippen LogP contribution in [0.15, 0.2) is 41.3 Å². The van der Waals surface area contributed by atoms with E-state index in [9.17, 15) is 9.59 Å². The van der Waals surface area contributed by atoms with Gasteiger partial charge in [-0.05, 0) is 54.7 Å². The molecule has 2 fully saturated rings. The van der Waals surface area contributed by atoms with E-state index in [1.54, 1.807) is 6.20 Å². The topological polar surface area (TPSA) is 92.2 Å². The SMILES string of the molecule is Cc1cc2c(cc1C(=O)N1Cc3cccc(N4CCOCC4)c3C1)[nH]c(=O)c1cnc(C3CCOCC3)n12. The van der Waals surface area contributed by atoms with Gasteiger partial charge in [-0.1, -0.05) is 12.1 Å². The van der Waals surface area contributed by atoms with Gasteiger partial charge >= 0.3 is 0 Å². The number of H-pyrrole nitrogens is 1. The number of carbonyl (C=O) groups is 1. The minimum absolute atomic E-state index is 0.0234. The van der Waals surface area contributed by atoms with E-state index in [2.05, 4.69) is 33.1 Å². The third kappa shape index (κ3) is 3.80. The molecule has 1 N–H and O–H groups in total. The first kappa shape index (κ1) is 23.4.